The zero-order valence-corrected chi connectivity index (χ0v) is 11.4. The van der Waals surface area contributed by atoms with E-state index in [9.17, 15) is 8.78 Å². The van der Waals surface area contributed by atoms with Crippen LogP contribution in [0, 0.1) is 64.7 Å². The van der Waals surface area contributed by atoms with Crippen LogP contribution in [0.5, 0.6) is 0 Å². The van der Waals surface area contributed by atoms with Crippen LogP contribution < -0.4 is 0 Å². The monoisotopic (exact) mass is 397 g/mol. The second-order valence-corrected chi connectivity index (χ2v) is 4.70. The molecule has 0 unspecified atom stereocenters. The van der Waals surface area contributed by atoms with Crippen molar-refractivity contribution in [1.29, 1.82) is 0 Å². The molecule has 0 heterocycles. The van der Waals surface area contributed by atoms with Crippen LogP contribution in [0.2, 0.25) is 0 Å². The minimum atomic E-state index is -0.583. The van der Waals surface area contributed by atoms with Gasteiger partial charge >= 0.3 is 0 Å². The molecule has 0 aromatic heterocycles. The van der Waals surface area contributed by atoms with Crippen LogP contribution in [0.4, 0.5) is 8.78 Å². The van der Waals surface area contributed by atoms with Crippen LogP contribution >= 0.6 is 0 Å². The van der Waals surface area contributed by atoms with Gasteiger partial charge in [-0.15, -0.1) is 12.1 Å². The van der Waals surface area contributed by atoms with E-state index in [-0.39, 0.29) is 52.7 Å². The fraction of sp³-hybridized carbons (Fsp3) is 0.571. The van der Waals surface area contributed by atoms with Gasteiger partial charge in [0.05, 0.1) is 0 Å². The second-order valence-electron chi connectivity index (χ2n) is 4.70. The quantitative estimate of drug-likeness (QED) is 0.676. The maximum atomic E-state index is 12.9. The molecule has 0 nitrogen and oxygen atoms in total. The number of hydrogen-bond donors (Lipinski definition) is 0. The Morgan fingerprint density at radius 1 is 1.24 bits per heavy atom. The summed E-state index contributed by atoms with van der Waals surface area (Å²) < 4.78 is 25.8. The van der Waals surface area contributed by atoms with Crippen LogP contribution in [0.15, 0.2) is 18.2 Å². The Bertz CT molecular complexity index is 333. The molecule has 0 spiro atoms. The van der Waals surface area contributed by atoms with Gasteiger partial charge < -0.3 is 0 Å². The molecule has 1 saturated carbocycles. The van der Waals surface area contributed by atoms with Crippen LogP contribution in [0.3, 0.4) is 0 Å². The third-order valence-corrected chi connectivity index (χ3v) is 3.45. The predicted molar refractivity (Wildman–Crippen MR) is 60.4 cm³/mol. The van der Waals surface area contributed by atoms with Crippen LogP contribution in [-0.4, -0.2) is 6.17 Å². The maximum Gasteiger partial charge on any atom is 0.100 e. The van der Waals surface area contributed by atoms with Crippen LogP contribution in [0.1, 0.15) is 37.7 Å². The van der Waals surface area contributed by atoms with Gasteiger partial charge in [-0.1, -0.05) is 6.42 Å². The predicted octanol–water partition coefficient (Wildman–Crippen LogP) is 4.09. The van der Waals surface area contributed by atoms with Gasteiger partial charge in [-0.05, 0) is 38.0 Å². The van der Waals surface area contributed by atoms with Crippen molar-refractivity contribution < 1.29 is 55.7 Å². The van der Waals surface area contributed by atoms with Gasteiger partial charge in [-0.3, -0.25) is 0 Å². The summed E-state index contributed by atoms with van der Waals surface area (Å²) in [6.45, 7) is 0. The molecule has 1 aromatic rings. The number of aryl methyl sites for hydroxylation is 1. The van der Waals surface area contributed by atoms with Gasteiger partial charge in [0.25, 0.3) is 0 Å². The summed E-state index contributed by atoms with van der Waals surface area (Å²) in [5, 5.41) is 0. The van der Waals surface area contributed by atoms with E-state index in [0.29, 0.717) is 18.8 Å². The number of rotatable bonds is 3. The zero-order chi connectivity index (χ0) is 11.4. The zero-order valence-electron chi connectivity index (χ0n) is 9.65. The van der Waals surface area contributed by atoms with Crippen molar-refractivity contribution in [1.82, 2.24) is 0 Å². The van der Waals surface area contributed by atoms with E-state index in [1.807, 2.05) is 6.07 Å². The minimum absolute atomic E-state index is 0. The van der Waals surface area contributed by atoms with Crippen molar-refractivity contribution in [2.24, 2.45) is 5.92 Å². The summed E-state index contributed by atoms with van der Waals surface area (Å²) in [5.74, 6) is 0.337. The van der Waals surface area contributed by atoms with Crippen molar-refractivity contribution in [2.75, 3.05) is 0 Å². The number of benzene rings is 1. The molecule has 1 aliphatic carbocycles. The molecular formula is C14H17F2Yb-. The fourth-order valence-corrected chi connectivity index (χ4v) is 2.42. The standard InChI is InChI=1S/C14H17F2.Yb/c15-13-8-6-11(7-9-13)4-5-12-2-1-3-14(16)10-12;/h1-2,10-11,13H,4-9H2;/q-1;. The Labute approximate surface area is 140 Å². The van der Waals surface area contributed by atoms with Crippen molar-refractivity contribution in [3.05, 3.63) is 35.6 Å². The molecule has 0 aliphatic heterocycles. The first-order valence-electron chi connectivity index (χ1n) is 6.04. The molecule has 0 radical (unpaired) electrons. The maximum absolute atomic E-state index is 12.9. The summed E-state index contributed by atoms with van der Waals surface area (Å²) in [4.78, 5) is 0. The normalized spacial score (nSPS) is 24.1. The van der Waals surface area contributed by atoms with Crippen molar-refractivity contribution in [3.8, 4) is 0 Å². The summed E-state index contributed by atoms with van der Waals surface area (Å²) in [7, 11) is 0. The molecule has 0 bridgehead atoms. The molecule has 17 heavy (non-hydrogen) atoms. The summed E-state index contributed by atoms with van der Waals surface area (Å²) in [6, 6.07) is 7.58. The first-order chi connectivity index (χ1) is 7.74. The average Bonchev–Trinajstić information content (AvgIpc) is 2.28. The molecule has 0 N–H and O–H groups in total. The molecule has 0 atom stereocenters. The summed E-state index contributed by atoms with van der Waals surface area (Å²) in [6.07, 6.45) is 4.76. The number of halogens is 2. The van der Waals surface area contributed by atoms with Crippen LogP contribution in [-0.2, 0) is 6.42 Å². The van der Waals surface area contributed by atoms with Gasteiger partial charge in [0.2, 0.25) is 0 Å². The smallest absolute Gasteiger partial charge is 0.100 e. The topological polar surface area (TPSA) is 0 Å². The average molecular weight is 396 g/mol. The molecule has 1 fully saturated rings. The van der Waals surface area contributed by atoms with E-state index in [1.165, 1.54) is 0 Å². The van der Waals surface area contributed by atoms with Gasteiger partial charge in [0.1, 0.15) is 6.17 Å². The minimum Gasteiger partial charge on any atom is -0.247 e. The van der Waals surface area contributed by atoms with E-state index in [0.717, 1.165) is 31.2 Å². The molecule has 102 valence electrons. The Hall–Kier alpha value is 0.599. The van der Waals surface area contributed by atoms with Crippen molar-refractivity contribution in [2.45, 2.75) is 44.7 Å². The Morgan fingerprint density at radius 2 is 1.94 bits per heavy atom. The summed E-state index contributed by atoms with van der Waals surface area (Å²) >= 11 is 0. The second kappa shape index (κ2) is 7.91. The van der Waals surface area contributed by atoms with E-state index >= 15 is 0 Å². The van der Waals surface area contributed by atoms with Gasteiger partial charge in [0, 0.05) is 52.7 Å². The SMILES string of the molecule is Fc1[c-]ccc(CCC2CCC(F)CC2)c1.[Yb]. The molecule has 2 rings (SSSR count). The first-order valence-corrected chi connectivity index (χ1v) is 6.04. The third kappa shape index (κ3) is 5.40. The molecular weight excluding hydrogens is 379 g/mol. The molecule has 1 aromatic carbocycles. The first kappa shape index (κ1) is 15.7. The van der Waals surface area contributed by atoms with E-state index in [1.54, 1.807) is 12.1 Å². The Morgan fingerprint density at radius 3 is 2.59 bits per heavy atom. The van der Waals surface area contributed by atoms with Gasteiger partial charge in [0.15, 0.2) is 0 Å². The largest absolute Gasteiger partial charge is 0.247 e. The molecule has 1 aliphatic rings. The van der Waals surface area contributed by atoms with Crippen molar-refractivity contribution >= 4 is 0 Å². The van der Waals surface area contributed by atoms with Gasteiger partial charge in [-0.25, -0.2) is 8.78 Å². The van der Waals surface area contributed by atoms with Crippen LogP contribution in [0.25, 0.3) is 0 Å². The van der Waals surface area contributed by atoms with Crippen molar-refractivity contribution in [3.63, 3.8) is 0 Å². The Balaban J connectivity index is 0.00000144. The Kier molecular flexibility index (Phi) is 7.28. The number of hydrogen-bond acceptors (Lipinski definition) is 0. The fourth-order valence-electron chi connectivity index (χ4n) is 2.42. The molecule has 0 amide bonds. The molecule has 3 heteroatoms. The third-order valence-electron chi connectivity index (χ3n) is 3.45. The van der Waals surface area contributed by atoms with E-state index in [2.05, 4.69) is 6.07 Å². The number of alkyl halides is 1. The molecule has 0 saturated heterocycles. The summed E-state index contributed by atoms with van der Waals surface area (Å²) in [5.41, 5.74) is 1.03. The van der Waals surface area contributed by atoms with E-state index in [4.69, 9.17) is 0 Å². The van der Waals surface area contributed by atoms with E-state index < -0.39 is 6.17 Å². The van der Waals surface area contributed by atoms with Gasteiger partial charge in [-0.2, -0.15) is 17.7 Å².